The molecule has 9 nitrogen and oxygen atoms in total. The zero-order chi connectivity index (χ0) is 19.9. The summed E-state index contributed by atoms with van der Waals surface area (Å²) in [5.41, 5.74) is 3.43. The lowest BCUT2D eigenvalue weighted by Gasteiger charge is -2.18. The second-order valence-electron chi connectivity index (χ2n) is 5.94. The van der Waals surface area contributed by atoms with Crippen LogP contribution < -0.4 is 16.4 Å². The highest BCUT2D eigenvalue weighted by Gasteiger charge is 2.23. The van der Waals surface area contributed by atoms with Crippen molar-refractivity contribution in [2.45, 2.75) is 57.5 Å². The quantitative estimate of drug-likeness (QED) is 0.234. The van der Waals surface area contributed by atoms with E-state index in [1.165, 1.54) is 11.8 Å². The van der Waals surface area contributed by atoms with E-state index < -0.39 is 42.4 Å². The van der Waals surface area contributed by atoms with Crippen LogP contribution >= 0.6 is 11.8 Å². The molecule has 0 aliphatic carbocycles. The number of rotatable bonds is 15. The maximum absolute atomic E-state index is 12.1. The summed E-state index contributed by atoms with van der Waals surface area (Å²) in [4.78, 5) is 45.4. The fraction of sp³-hybridized carbons (Fsp3) is 0.750. The number of hydrogen-bond acceptors (Lipinski definition) is 5. The molecule has 0 unspecified atom stereocenters. The Morgan fingerprint density at radius 1 is 1.12 bits per heavy atom. The van der Waals surface area contributed by atoms with Crippen LogP contribution in [0.15, 0.2) is 0 Å². The maximum Gasteiger partial charge on any atom is 0.362 e. The standard InChI is InChI=1S/C16H29N3O6S/c1-2-3-4-5-8-26-10-12(15(23)18-9-14(21)22)19-13(20)7-6-11(17)16(24)25/h11-12H,2-10,17H2,1H3,(H,18,23)(H,19,20)(H,21,22)(H,24,25)/p+1/t11-,12-/m0/s1. The van der Waals surface area contributed by atoms with Crippen molar-refractivity contribution in [3.8, 4) is 0 Å². The van der Waals surface area contributed by atoms with E-state index in [0.29, 0.717) is 5.75 Å². The molecule has 26 heavy (non-hydrogen) atoms. The van der Waals surface area contributed by atoms with Gasteiger partial charge >= 0.3 is 11.9 Å². The van der Waals surface area contributed by atoms with Gasteiger partial charge in [-0.3, -0.25) is 14.4 Å². The molecule has 150 valence electrons. The van der Waals surface area contributed by atoms with Gasteiger partial charge in [0, 0.05) is 18.6 Å². The predicted octanol–water partition coefficient (Wildman–Crippen LogP) is -0.539. The highest BCUT2D eigenvalue weighted by atomic mass is 32.2. The Balaban J connectivity index is 4.46. The summed E-state index contributed by atoms with van der Waals surface area (Å²) in [7, 11) is 0. The number of carboxylic acid groups (broad SMARTS) is 2. The lowest BCUT2D eigenvalue weighted by Crippen LogP contribution is -2.65. The largest absolute Gasteiger partial charge is 0.480 e. The molecule has 0 aromatic rings. The van der Waals surface area contributed by atoms with E-state index in [0.717, 1.165) is 31.4 Å². The van der Waals surface area contributed by atoms with Crippen molar-refractivity contribution in [3.63, 3.8) is 0 Å². The summed E-state index contributed by atoms with van der Waals surface area (Å²) in [6.07, 6.45) is 4.39. The molecule has 0 saturated carbocycles. The highest BCUT2D eigenvalue weighted by molar-refractivity contribution is 7.99. The summed E-state index contributed by atoms with van der Waals surface area (Å²) >= 11 is 1.52. The molecule has 2 amide bonds. The van der Waals surface area contributed by atoms with Crippen molar-refractivity contribution in [1.29, 1.82) is 0 Å². The summed E-state index contributed by atoms with van der Waals surface area (Å²) in [6, 6.07) is -1.75. The molecule has 0 heterocycles. The minimum absolute atomic E-state index is 0.0643. The Morgan fingerprint density at radius 2 is 1.81 bits per heavy atom. The van der Waals surface area contributed by atoms with E-state index >= 15 is 0 Å². The van der Waals surface area contributed by atoms with Crippen LogP contribution in [-0.4, -0.2) is 64.1 Å². The van der Waals surface area contributed by atoms with Crippen molar-refractivity contribution in [2.24, 2.45) is 0 Å². The van der Waals surface area contributed by atoms with Crippen molar-refractivity contribution in [1.82, 2.24) is 10.6 Å². The number of thioether (sulfide) groups is 1. The number of unbranched alkanes of at least 4 members (excludes halogenated alkanes) is 3. The first-order valence-corrected chi connectivity index (χ1v) is 9.85. The van der Waals surface area contributed by atoms with Gasteiger partial charge in [-0.2, -0.15) is 11.8 Å². The number of aliphatic carboxylic acids is 2. The van der Waals surface area contributed by atoms with Crippen molar-refractivity contribution in [2.75, 3.05) is 18.1 Å². The topological polar surface area (TPSA) is 160 Å². The van der Waals surface area contributed by atoms with Crippen LogP contribution in [0.3, 0.4) is 0 Å². The molecule has 7 N–H and O–H groups in total. The Bertz CT molecular complexity index is 475. The van der Waals surface area contributed by atoms with Crippen LogP contribution in [0.5, 0.6) is 0 Å². The number of carbonyl (C=O) groups excluding carboxylic acids is 2. The third-order valence-electron chi connectivity index (χ3n) is 3.56. The number of carboxylic acids is 2. The molecule has 0 fully saturated rings. The SMILES string of the molecule is CCCCCCSC[C@H](NC(=O)CC[C@H]([NH3+])C(=O)O)C(=O)NCC(=O)O. The Morgan fingerprint density at radius 3 is 2.38 bits per heavy atom. The number of nitrogens with one attached hydrogen (secondary N) is 2. The second-order valence-corrected chi connectivity index (χ2v) is 7.09. The lowest BCUT2D eigenvalue weighted by atomic mass is 10.1. The smallest absolute Gasteiger partial charge is 0.362 e. The average Bonchev–Trinajstić information content (AvgIpc) is 2.59. The van der Waals surface area contributed by atoms with Crippen LogP contribution in [0.1, 0.15) is 45.4 Å². The molecule has 0 spiro atoms. The van der Waals surface area contributed by atoms with Gasteiger partial charge in [0.25, 0.3) is 0 Å². The van der Waals surface area contributed by atoms with Gasteiger partial charge in [-0.1, -0.05) is 26.2 Å². The number of hydrogen-bond donors (Lipinski definition) is 5. The fourth-order valence-electron chi connectivity index (χ4n) is 2.00. The third-order valence-corrected chi connectivity index (χ3v) is 4.71. The van der Waals surface area contributed by atoms with Crippen LogP contribution in [-0.2, 0) is 19.2 Å². The second kappa shape index (κ2) is 14.4. The molecule has 2 atom stereocenters. The van der Waals surface area contributed by atoms with Crippen molar-refractivity contribution >= 4 is 35.5 Å². The van der Waals surface area contributed by atoms with E-state index in [1.54, 1.807) is 0 Å². The summed E-state index contributed by atoms with van der Waals surface area (Å²) in [5.74, 6) is -2.10. The van der Waals surface area contributed by atoms with E-state index in [1.807, 2.05) is 0 Å². The number of amides is 2. The van der Waals surface area contributed by atoms with Gasteiger partial charge in [0.1, 0.15) is 12.6 Å². The van der Waals surface area contributed by atoms with Gasteiger partial charge in [0.2, 0.25) is 11.8 Å². The molecule has 10 heteroatoms. The molecule has 0 aliphatic heterocycles. The summed E-state index contributed by atoms with van der Waals surface area (Å²) in [5, 5.41) is 22.2. The molecule has 0 aliphatic rings. The van der Waals surface area contributed by atoms with Crippen LogP contribution in [0.4, 0.5) is 0 Å². The molecular weight excluding hydrogens is 362 g/mol. The minimum atomic E-state index is -1.17. The molecule has 0 rings (SSSR count). The monoisotopic (exact) mass is 392 g/mol. The fourth-order valence-corrected chi connectivity index (χ4v) is 3.04. The summed E-state index contributed by atoms with van der Waals surface area (Å²) in [6.45, 7) is 1.60. The first kappa shape index (κ1) is 24.2. The van der Waals surface area contributed by atoms with E-state index in [9.17, 15) is 19.2 Å². The highest BCUT2D eigenvalue weighted by Crippen LogP contribution is 2.09. The van der Waals surface area contributed by atoms with E-state index in [4.69, 9.17) is 10.2 Å². The lowest BCUT2D eigenvalue weighted by molar-refractivity contribution is -0.408. The van der Waals surface area contributed by atoms with E-state index in [-0.39, 0.29) is 12.8 Å². The number of quaternary nitrogens is 1. The zero-order valence-electron chi connectivity index (χ0n) is 15.2. The molecule has 0 bridgehead atoms. The van der Waals surface area contributed by atoms with Gasteiger partial charge in [-0.15, -0.1) is 0 Å². The van der Waals surface area contributed by atoms with E-state index in [2.05, 4.69) is 23.3 Å². The Hall–Kier alpha value is -1.81. The first-order chi connectivity index (χ1) is 12.3. The molecular formula is C16H30N3O6S+. The zero-order valence-corrected chi connectivity index (χ0v) is 16.0. The number of carbonyl (C=O) groups is 4. The van der Waals surface area contributed by atoms with Crippen LogP contribution in [0.2, 0.25) is 0 Å². The Labute approximate surface area is 157 Å². The van der Waals surface area contributed by atoms with Gasteiger partial charge in [0.15, 0.2) is 6.04 Å². The first-order valence-electron chi connectivity index (χ1n) is 8.70. The van der Waals surface area contributed by atoms with Crippen molar-refractivity contribution in [3.05, 3.63) is 0 Å². The van der Waals surface area contributed by atoms with Crippen LogP contribution in [0, 0.1) is 0 Å². The molecule has 0 aromatic carbocycles. The minimum Gasteiger partial charge on any atom is -0.480 e. The van der Waals surface area contributed by atoms with Gasteiger partial charge in [-0.05, 0) is 12.2 Å². The third kappa shape index (κ3) is 12.5. The predicted molar refractivity (Wildman–Crippen MR) is 97.6 cm³/mol. The van der Waals surface area contributed by atoms with Gasteiger partial charge < -0.3 is 26.6 Å². The normalized spacial score (nSPS) is 12.8. The van der Waals surface area contributed by atoms with Gasteiger partial charge in [0.05, 0.1) is 0 Å². The van der Waals surface area contributed by atoms with Gasteiger partial charge in [-0.25, -0.2) is 4.79 Å². The maximum atomic E-state index is 12.1. The van der Waals surface area contributed by atoms with Crippen LogP contribution in [0.25, 0.3) is 0 Å². The summed E-state index contributed by atoms with van der Waals surface area (Å²) < 4.78 is 0. The average molecular weight is 392 g/mol. The van der Waals surface area contributed by atoms with Crippen molar-refractivity contribution < 1.29 is 35.1 Å². The Kier molecular flexibility index (Phi) is 13.4. The molecule has 0 aromatic heterocycles. The molecule has 0 saturated heterocycles. The molecule has 0 radical (unpaired) electrons.